The van der Waals surface area contributed by atoms with Gasteiger partial charge in [-0.15, -0.1) is 0 Å². The first kappa shape index (κ1) is 19.6. The number of amides is 1. The van der Waals surface area contributed by atoms with Crippen molar-refractivity contribution in [2.45, 2.75) is 13.2 Å². The maximum Gasteiger partial charge on any atom is 0.290 e. The fourth-order valence-corrected chi connectivity index (χ4v) is 3.42. The summed E-state index contributed by atoms with van der Waals surface area (Å²) in [6.45, 7) is 0.642. The van der Waals surface area contributed by atoms with Crippen LogP contribution in [0.15, 0.2) is 83.3 Å². The van der Waals surface area contributed by atoms with Gasteiger partial charge in [0.25, 0.3) is 5.91 Å². The van der Waals surface area contributed by atoms with Crippen molar-refractivity contribution in [3.63, 3.8) is 0 Å². The zero-order chi connectivity index (χ0) is 20.9. The van der Waals surface area contributed by atoms with Crippen molar-refractivity contribution in [2.75, 3.05) is 14.2 Å². The van der Waals surface area contributed by atoms with Gasteiger partial charge in [-0.2, -0.15) is 0 Å². The number of nitrogens with zero attached hydrogens (tertiary/aromatic N) is 1. The van der Waals surface area contributed by atoms with Gasteiger partial charge in [-0.1, -0.05) is 54.6 Å². The van der Waals surface area contributed by atoms with Crippen LogP contribution in [-0.2, 0) is 13.2 Å². The molecular weight excluding hydrogens is 378 g/mol. The predicted molar refractivity (Wildman–Crippen MR) is 116 cm³/mol. The molecule has 5 heteroatoms. The Hall–Kier alpha value is -3.73. The average Bonchev–Trinajstić information content (AvgIpc) is 3.16. The molecule has 0 aliphatic carbocycles. The minimum absolute atomic E-state index is 0.205. The quantitative estimate of drug-likeness (QED) is 0.422. The topological polar surface area (TPSA) is 51.9 Å². The highest BCUT2D eigenvalue weighted by Gasteiger charge is 2.24. The summed E-state index contributed by atoms with van der Waals surface area (Å²) >= 11 is 0. The summed E-state index contributed by atoms with van der Waals surface area (Å²) in [6.07, 6.45) is 0. The van der Waals surface area contributed by atoms with Gasteiger partial charge in [-0.05, 0) is 24.3 Å². The second kappa shape index (κ2) is 8.74. The number of rotatable bonds is 7. The second-order valence-electron chi connectivity index (χ2n) is 6.98. The van der Waals surface area contributed by atoms with Gasteiger partial charge in [-0.3, -0.25) is 4.79 Å². The lowest BCUT2D eigenvalue weighted by molar-refractivity contribution is 0.0751. The maximum absolute atomic E-state index is 13.3. The van der Waals surface area contributed by atoms with Gasteiger partial charge in [0.05, 0.1) is 7.11 Å². The molecular formula is C25H23NO4. The van der Waals surface area contributed by atoms with Crippen LogP contribution >= 0.6 is 0 Å². The van der Waals surface area contributed by atoms with E-state index in [-0.39, 0.29) is 12.5 Å². The molecule has 3 aromatic carbocycles. The standard InChI is InChI=1S/C25H23NO4/c1-26(16-18-10-6-8-14-22(18)28-2)25(27)24-21(17-29-19-11-4-3-5-12-19)20-13-7-9-15-23(20)30-24/h3-15H,16-17H2,1-2H3. The molecule has 0 radical (unpaired) electrons. The Bertz CT molecular complexity index is 1150. The molecule has 30 heavy (non-hydrogen) atoms. The number of carbonyl (C=O) groups is 1. The highest BCUT2D eigenvalue weighted by Crippen LogP contribution is 2.29. The molecule has 0 spiro atoms. The first-order valence-corrected chi connectivity index (χ1v) is 9.73. The molecule has 0 atom stereocenters. The minimum Gasteiger partial charge on any atom is -0.496 e. The molecule has 0 bridgehead atoms. The van der Waals surface area contributed by atoms with E-state index in [0.717, 1.165) is 28.0 Å². The van der Waals surface area contributed by atoms with Gasteiger partial charge in [0.15, 0.2) is 5.76 Å². The fraction of sp³-hybridized carbons (Fsp3) is 0.160. The second-order valence-corrected chi connectivity index (χ2v) is 6.98. The summed E-state index contributed by atoms with van der Waals surface area (Å²) in [5.74, 6) is 1.58. The molecule has 0 saturated heterocycles. The third-order valence-corrected chi connectivity index (χ3v) is 4.97. The summed E-state index contributed by atoms with van der Waals surface area (Å²) in [5.41, 5.74) is 2.33. The molecule has 1 heterocycles. The largest absolute Gasteiger partial charge is 0.496 e. The van der Waals surface area contributed by atoms with Gasteiger partial charge in [-0.25, -0.2) is 0 Å². The van der Waals surface area contributed by atoms with Gasteiger partial charge >= 0.3 is 0 Å². The molecule has 4 aromatic rings. The number of para-hydroxylation sites is 3. The fourth-order valence-electron chi connectivity index (χ4n) is 3.42. The van der Waals surface area contributed by atoms with Crippen LogP contribution in [0, 0.1) is 0 Å². The van der Waals surface area contributed by atoms with Crippen molar-refractivity contribution in [2.24, 2.45) is 0 Å². The summed E-state index contributed by atoms with van der Waals surface area (Å²) in [5, 5.41) is 0.877. The summed E-state index contributed by atoms with van der Waals surface area (Å²) < 4.78 is 17.3. The number of hydrogen-bond donors (Lipinski definition) is 0. The SMILES string of the molecule is COc1ccccc1CN(C)C(=O)c1oc2ccccc2c1COc1ccccc1. The molecule has 0 fully saturated rings. The third-order valence-electron chi connectivity index (χ3n) is 4.97. The summed E-state index contributed by atoms with van der Waals surface area (Å²) in [6, 6.07) is 24.8. The molecule has 5 nitrogen and oxygen atoms in total. The van der Waals surface area contributed by atoms with Crippen molar-refractivity contribution in [1.29, 1.82) is 0 Å². The molecule has 1 aromatic heterocycles. The zero-order valence-corrected chi connectivity index (χ0v) is 17.0. The van der Waals surface area contributed by atoms with Crippen LogP contribution in [0.4, 0.5) is 0 Å². The monoisotopic (exact) mass is 401 g/mol. The Kier molecular flexibility index (Phi) is 5.70. The Balaban J connectivity index is 1.63. The Labute approximate surface area is 175 Å². The lowest BCUT2D eigenvalue weighted by atomic mass is 10.1. The van der Waals surface area contributed by atoms with E-state index in [4.69, 9.17) is 13.9 Å². The highest BCUT2D eigenvalue weighted by atomic mass is 16.5. The first-order valence-electron chi connectivity index (χ1n) is 9.73. The van der Waals surface area contributed by atoms with E-state index in [0.29, 0.717) is 17.9 Å². The summed E-state index contributed by atoms with van der Waals surface area (Å²) in [4.78, 5) is 14.9. The number of fused-ring (bicyclic) bond motifs is 1. The number of benzene rings is 3. The van der Waals surface area contributed by atoms with E-state index in [1.807, 2.05) is 78.9 Å². The lowest BCUT2D eigenvalue weighted by Gasteiger charge is -2.18. The van der Waals surface area contributed by atoms with E-state index in [9.17, 15) is 4.79 Å². The van der Waals surface area contributed by atoms with Crippen LogP contribution in [-0.4, -0.2) is 25.0 Å². The van der Waals surface area contributed by atoms with Crippen molar-refractivity contribution in [1.82, 2.24) is 4.90 Å². The van der Waals surface area contributed by atoms with Crippen LogP contribution in [0.25, 0.3) is 11.0 Å². The van der Waals surface area contributed by atoms with E-state index in [1.54, 1.807) is 19.1 Å². The molecule has 0 unspecified atom stereocenters. The summed E-state index contributed by atoms with van der Waals surface area (Å²) in [7, 11) is 3.38. The molecule has 1 amide bonds. The number of ether oxygens (including phenoxy) is 2. The van der Waals surface area contributed by atoms with E-state index < -0.39 is 0 Å². The van der Waals surface area contributed by atoms with Gasteiger partial charge in [0, 0.05) is 30.1 Å². The van der Waals surface area contributed by atoms with Gasteiger partial charge in [0.2, 0.25) is 0 Å². The van der Waals surface area contributed by atoms with Crippen LogP contribution < -0.4 is 9.47 Å². The number of carbonyl (C=O) groups excluding carboxylic acids is 1. The van der Waals surface area contributed by atoms with Crippen molar-refractivity contribution in [3.8, 4) is 11.5 Å². The van der Waals surface area contributed by atoms with Gasteiger partial charge in [0.1, 0.15) is 23.7 Å². The predicted octanol–water partition coefficient (Wildman–Crippen LogP) is 5.29. The van der Waals surface area contributed by atoms with Crippen LogP contribution in [0.5, 0.6) is 11.5 Å². The minimum atomic E-state index is -0.205. The van der Waals surface area contributed by atoms with Crippen molar-refractivity contribution < 1.29 is 18.7 Å². The van der Waals surface area contributed by atoms with Crippen LogP contribution in [0.3, 0.4) is 0 Å². The highest BCUT2D eigenvalue weighted by molar-refractivity contribution is 5.99. The molecule has 4 rings (SSSR count). The number of furan rings is 1. The molecule has 152 valence electrons. The normalized spacial score (nSPS) is 10.7. The van der Waals surface area contributed by atoms with Crippen molar-refractivity contribution >= 4 is 16.9 Å². The van der Waals surface area contributed by atoms with E-state index >= 15 is 0 Å². The maximum atomic E-state index is 13.3. The Morgan fingerprint density at radius 2 is 1.63 bits per heavy atom. The van der Waals surface area contributed by atoms with Crippen LogP contribution in [0.1, 0.15) is 21.7 Å². The molecule has 0 saturated carbocycles. The molecule has 0 aliphatic rings. The number of hydrogen-bond acceptors (Lipinski definition) is 4. The number of methoxy groups -OCH3 is 1. The first-order chi connectivity index (χ1) is 14.7. The smallest absolute Gasteiger partial charge is 0.290 e. The Morgan fingerprint density at radius 1 is 0.933 bits per heavy atom. The van der Waals surface area contributed by atoms with E-state index in [2.05, 4.69) is 0 Å². The average molecular weight is 401 g/mol. The van der Waals surface area contributed by atoms with Gasteiger partial charge < -0.3 is 18.8 Å². The van der Waals surface area contributed by atoms with Crippen LogP contribution in [0.2, 0.25) is 0 Å². The lowest BCUT2D eigenvalue weighted by Crippen LogP contribution is -2.27. The van der Waals surface area contributed by atoms with E-state index in [1.165, 1.54) is 0 Å². The van der Waals surface area contributed by atoms with Crippen molar-refractivity contribution in [3.05, 3.63) is 95.7 Å². The third kappa shape index (κ3) is 4.01. The zero-order valence-electron chi connectivity index (χ0n) is 17.0. The molecule has 0 aliphatic heterocycles. The Morgan fingerprint density at radius 3 is 2.43 bits per heavy atom. The molecule has 0 N–H and O–H groups in total.